The monoisotopic (exact) mass is 342 g/mol. The Morgan fingerprint density at radius 2 is 1.75 bits per heavy atom. The second-order valence-corrected chi connectivity index (χ2v) is 5.99. The predicted octanol–water partition coefficient (Wildman–Crippen LogP) is 3.42. The quantitative estimate of drug-likeness (QED) is 0.791. The smallest absolute Gasteiger partial charge is 0.0764 e. The lowest BCUT2D eigenvalue weighted by molar-refractivity contribution is 0.589. The van der Waals surface area contributed by atoms with Crippen molar-refractivity contribution in [1.29, 1.82) is 0 Å². The number of piperazine rings is 1. The van der Waals surface area contributed by atoms with Gasteiger partial charge in [0, 0.05) is 37.3 Å². The number of aromatic nitrogens is 2. The Hall–Kier alpha value is -2.04. The van der Waals surface area contributed by atoms with Crippen LogP contribution in [0.5, 0.6) is 0 Å². The van der Waals surface area contributed by atoms with E-state index in [-0.39, 0.29) is 12.4 Å². The molecule has 0 radical (unpaired) electrons. The summed E-state index contributed by atoms with van der Waals surface area (Å²) in [6.45, 7) is 6.39. The first kappa shape index (κ1) is 16.8. The van der Waals surface area contributed by atoms with Gasteiger partial charge in [0.1, 0.15) is 0 Å². The van der Waals surface area contributed by atoms with E-state index in [1.807, 2.05) is 6.07 Å². The van der Waals surface area contributed by atoms with E-state index in [2.05, 4.69) is 64.3 Å². The van der Waals surface area contributed by atoms with Crippen LogP contribution in [0.1, 0.15) is 12.6 Å². The molecule has 2 aromatic carbocycles. The molecular weight excluding hydrogens is 320 g/mol. The van der Waals surface area contributed by atoms with Gasteiger partial charge in [-0.3, -0.25) is 0 Å². The largest absolute Gasteiger partial charge is 0.369 e. The molecule has 4 nitrogen and oxygen atoms in total. The van der Waals surface area contributed by atoms with E-state index in [9.17, 15) is 0 Å². The lowest BCUT2D eigenvalue weighted by Gasteiger charge is -2.29. The first-order chi connectivity index (χ1) is 11.4. The number of benzene rings is 2. The zero-order valence-electron chi connectivity index (χ0n) is 13.9. The topological polar surface area (TPSA) is 33.1 Å². The molecular formula is C19H23ClN4. The molecule has 0 bridgehead atoms. The minimum absolute atomic E-state index is 0. The summed E-state index contributed by atoms with van der Waals surface area (Å²) in [5.41, 5.74) is 4.77. The molecule has 0 spiro atoms. The van der Waals surface area contributed by atoms with Gasteiger partial charge in [0.25, 0.3) is 0 Å². The maximum atomic E-state index is 4.85. The van der Waals surface area contributed by atoms with Gasteiger partial charge in [-0.05, 0) is 36.8 Å². The number of halogens is 1. The van der Waals surface area contributed by atoms with Gasteiger partial charge in [0.05, 0.1) is 16.9 Å². The van der Waals surface area contributed by atoms with E-state index in [4.69, 9.17) is 5.10 Å². The van der Waals surface area contributed by atoms with Crippen LogP contribution in [0.3, 0.4) is 0 Å². The first-order valence-corrected chi connectivity index (χ1v) is 8.39. The molecule has 1 saturated heterocycles. The van der Waals surface area contributed by atoms with Gasteiger partial charge >= 0.3 is 0 Å². The fourth-order valence-corrected chi connectivity index (χ4v) is 3.31. The molecule has 3 aromatic rings. The number of fused-ring (bicyclic) bond motifs is 1. The second kappa shape index (κ2) is 7.24. The van der Waals surface area contributed by atoms with Crippen LogP contribution in [-0.2, 0) is 6.42 Å². The molecule has 0 saturated carbocycles. The van der Waals surface area contributed by atoms with Crippen LogP contribution in [0.15, 0.2) is 48.5 Å². The molecule has 1 aromatic heterocycles. The highest BCUT2D eigenvalue weighted by atomic mass is 35.5. The minimum Gasteiger partial charge on any atom is -0.369 e. The number of nitrogens with zero attached hydrogens (tertiary/aromatic N) is 3. The normalized spacial score (nSPS) is 14.6. The van der Waals surface area contributed by atoms with Gasteiger partial charge in [0.2, 0.25) is 0 Å². The number of nitrogens with one attached hydrogen (secondary N) is 1. The van der Waals surface area contributed by atoms with Crippen molar-refractivity contribution in [2.45, 2.75) is 13.3 Å². The van der Waals surface area contributed by atoms with Crippen LogP contribution in [0.4, 0.5) is 5.69 Å². The minimum atomic E-state index is 0. The third-order valence-corrected chi connectivity index (χ3v) is 4.56. The molecule has 0 unspecified atom stereocenters. The SMILES string of the molecule is CCc1nn(-c2ccccc2)c2cc(N3CCNCC3)ccc12.Cl. The van der Waals surface area contributed by atoms with E-state index in [0.29, 0.717) is 0 Å². The predicted molar refractivity (Wildman–Crippen MR) is 103 cm³/mol. The van der Waals surface area contributed by atoms with Crippen LogP contribution >= 0.6 is 12.4 Å². The summed E-state index contributed by atoms with van der Waals surface area (Å²) >= 11 is 0. The molecule has 126 valence electrons. The highest BCUT2D eigenvalue weighted by Gasteiger charge is 2.15. The number of aryl methyl sites for hydroxylation is 1. The molecule has 1 aliphatic heterocycles. The summed E-state index contributed by atoms with van der Waals surface area (Å²) in [5, 5.41) is 9.52. The van der Waals surface area contributed by atoms with Crippen molar-refractivity contribution >= 4 is 29.0 Å². The fourth-order valence-electron chi connectivity index (χ4n) is 3.31. The molecule has 1 N–H and O–H groups in total. The van der Waals surface area contributed by atoms with E-state index in [1.165, 1.54) is 16.6 Å². The average molecular weight is 343 g/mol. The van der Waals surface area contributed by atoms with Gasteiger partial charge in [0.15, 0.2) is 0 Å². The van der Waals surface area contributed by atoms with E-state index in [1.54, 1.807) is 0 Å². The zero-order chi connectivity index (χ0) is 15.6. The van der Waals surface area contributed by atoms with Crippen molar-refractivity contribution in [3.8, 4) is 5.69 Å². The molecule has 0 atom stereocenters. The van der Waals surface area contributed by atoms with Crippen molar-refractivity contribution in [2.24, 2.45) is 0 Å². The van der Waals surface area contributed by atoms with Crippen LogP contribution in [0, 0.1) is 0 Å². The van der Waals surface area contributed by atoms with Crippen LogP contribution in [0.2, 0.25) is 0 Å². The van der Waals surface area contributed by atoms with Gasteiger partial charge < -0.3 is 10.2 Å². The van der Waals surface area contributed by atoms with Crippen LogP contribution in [-0.4, -0.2) is 36.0 Å². The standard InChI is InChI=1S/C19H22N4.ClH/c1-2-18-17-9-8-16(22-12-10-20-11-13-22)14-19(17)23(21-18)15-6-4-3-5-7-15;/h3-9,14,20H,2,10-13H2,1H3;1H. The number of hydrogen-bond acceptors (Lipinski definition) is 3. The van der Waals surface area contributed by atoms with Crippen LogP contribution < -0.4 is 10.2 Å². The molecule has 5 heteroatoms. The molecule has 4 rings (SSSR count). The van der Waals surface area contributed by atoms with E-state index >= 15 is 0 Å². The molecule has 2 heterocycles. The Bertz CT molecular complexity index is 807. The highest BCUT2D eigenvalue weighted by molar-refractivity contribution is 5.87. The third kappa shape index (κ3) is 2.99. The van der Waals surface area contributed by atoms with Gasteiger partial charge in [-0.2, -0.15) is 5.10 Å². The maximum absolute atomic E-state index is 4.85. The summed E-state index contributed by atoms with van der Waals surface area (Å²) in [6.07, 6.45) is 0.948. The Balaban J connectivity index is 0.00000169. The summed E-state index contributed by atoms with van der Waals surface area (Å²) in [6, 6.07) is 17.2. The van der Waals surface area contributed by atoms with Gasteiger partial charge in [-0.1, -0.05) is 25.1 Å². The third-order valence-electron chi connectivity index (χ3n) is 4.56. The molecule has 0 aliphatic carbocycles. The molecule has 1 aliphatic rings. The highest BCUT2D eigenvalue weighted by Crippen LogP contribution is 2.27. The van der Waals surface area contributed by atoms with Gasteiger partial charge in [-0.25, -0.2) is 4.68 Å². The maximum Gasteiger partial charge on any atom is 0.0764 e. The summed E-state index contributed by atoms with van der Waals surface area (Å²) in [7, 11) is 0. The van der Waals surface area contributed by atoms with Crippen molar-refractivity contribution in [3.63, 3.8) is 0 Å². The summed E-state index contributed by atoms with van der Waals surface area (Å²) in [4.78, 5) is 2.45. The zero-order valence-corrected chi connectivity index (χ0v) is 14.7. The van der Waals surface area contributed by atoms with Crippen molar-refractivity contribution < 1.29 is 0 Å². The van der Waals surface area contributed by atoms with Crippen molar-refractivity contribution in [2.75, 3.05) is 31.1 Å². The van der Waals surface area contributed by atoms with Crippen molar-refractivity contribution in [1.82, 2.24) is 15.1 Å². The summed E-state index contributed by atoms with van der Waals surface area (Å²) < 4.78 is 2.08. The first-order valence-electron chi connectivity index (χ1n) is 8.39. The number of para-hydroxylation sites is 1. The fraction of sp³-hybridized carbons (Fsp3) is 0.316. The van der Waals surface area contributed by atoms with Gasteiger partial charge in [-0.15, -0.1) is 12.4 Å². The Morgan fingerprint density at radius 1 is 1.00 bits per heavy atom. The number of anilines is 1. The Kier molecular flexibility index (Phi) is 5.07. The molecule has 1 fully saturated rings. The lowest BCUT2D eigenvalue weighted by Crippen LogP contribution is -2.43. The van der Waals surface area contributed by atoms with E-state index in [0.717, 1.165) is 44.0 Å². The second-order valence-electron chi connectivity index (χ2n) is 5.99. The number of rotatable bonds is 3. The van der Waals surface area contributed by atoms with Crippen LogP contribution in [0.25, 0.3) is 16.6 Å². The summed E-state index contributed by atoms with van der Waals surface area (Å²) in [5.74, 6) is 0. The Morgan fingerprint density at radius 3 is 2.46 bits per heavy atom. The van der Waals surface area contributed by atoms with Crippen molar-refractivity contribution in [3.05, 3.63) is 54.2 Å². The Labute approximate surface area is 148 Å². The average Bonchev–Trinajstić information content (AvgIpc) is 3.01. The lowest BCUT2D eigenvalue weighted by atomic mass is 10.1. The molecule has 24 heavy (non-hydrogen) atoms. The van der Waals surface area contributed by atoms with E-state index < -0.39 is 0 Å². The number of hydrogen-bond donors (Lipinski definition) is 1. The molecule has 0 amide bonds.